The Balaban J connectivity index is 1.95. The minimum Gasteiger partial charge on any atom is -0.481 e. The van der Waals surface area contributed by atoms with E-state index in [1.54, 1.807) is 0 Å². The second-order valence-electron chi connectivity index (χ2n) is 6.66. The van der Waals surface area contributed by atoms with Gasteiger partial charge in [0.15, 0.2) is 0 Å². The van der Waals surface area contributed by atoms with Crippen molar-refractivity contribution in [1.82, 2.24) is 0 Å². The molecule has 0 unspecified atom stereocenters. The van der Waals surface area contributed by atoms with Crippen LogP contribution in [0.1, 0.15) is 25.7 Å². The number of hydrogen-bond acceptors (Lipinski definition) is 4. The number of carboxylic acid groups (broad SMARTS) is 1. The van der Waals surface area contributed by atoms with Crippen molar-refractivity contribution in [3.8, 4) is 0 Å². The van der Waals surface area contributed by atoms with Gasteiger partial charge in [0, 0.05) is 19.3 Å². The van der Waals surface area contributed by atoms with Gasteiger partial charge in [-0.05, 0) is 43.1 Å². The lowest BCUT2D eigenvalue weighted by atomic mass is 9.70. The average Bonchev–Trinajstić information content (AvgIpc) is 2.54. The fraction of sp³-hybridized carbons (Fsp3) is 0.588. The van der Waals surface area contributed by atoms with E-state index in [1.165, 1.54) is 0 Å². The van der Waals surface area contributed by atoms with E-state index < -0.39 is 13.1 Å². The molecular formula is C17H26BNO4. The standard InChI is InChI=1S/C17H26BNO4/c1-19(15-5-3-2-4-6-15)12-14-8-7-13(9-10-18(22)23)11-16(14)17(20)21/h2-6,13-14,16,22-23H,7-12H2,1H3,(H,20,21)/t13-,14-,16-/m0/s1. The number of carbonyl (C=O) groups is 1. The van der Waals surface area contributed by atoms with E-state index in [2.05, 4.69) is 4.90 Å². The van der Waals surface area contributed by atoms with Crippen molar-refractivity contribution < 1.29 is 19.9 Å². The molecule has 0 aromatic heterocycles. The molecule has 1 aromatic rings. The Bertz CT molecular complexity index is 497. The highest BCUT2D eigenvalue weighted by atomic mass is 16.4. The zero-order valence-electron chi connectivity index (χ0n) is 13.6. The first-order valence-electron chi connectivity index (χ1n) is 8.32. The van der Waals surface area contributed by atoms with Crippen LogP contribution in [0.4, 0.5) is 5.69 Å². The topological polar surface area (TPSA) is 81.0 Å². The lowest BCUT2D eigenvalue weighted by Crippen LogP contribution is -2.38. The Morgan fingerprint density at radius 2 is 1.96 bits per heavy atom. The highest BCUT2D eigenvalue weighted by Crippen LogP contribution is 2.37. The van der Waals surface area contributed by atoms with E-state index in [-0.39, 0.29) is 17.8 Å². The van der Waals surface area contributed by atoms with Gasteiger partial charge in [-0.1, -0.05) is 31.0 Å². The van der Waals surface area contributed by atoms with Gasteiger partial charge in [-0.2, -0.15) is 0 Å². The summed E-state index contributed by atoms with van der Waals surface area (Å²) < 4.78 is 0. The lowest BCUT2D eigenvalue weighted by Gasteiger charge is -2.36. The largest absolute Gasteiger partial charge is 0.481 e. The van der Waals surface area contributed by atoms with Crippen LogP contribution in [0.5, 0.6) is 0 Å². The van der Waals surface area contributed by atoms with Crippen LogP contribution in [0.25, 0.3) is 0 Å². The molecule has 0 amide bonds. The molecule has 5 nitrogen and oxygen atoms in total. The van der Waals surface area contributed by atoms with Crippen LogP contribution in [0.15, 0.2) is 30.3 Å². The molecule has 126 valence electrons. The van der Waals surface area contributed by atoms with Gasteiger partial charge < -0.3 is 20.1 Å². The second kappa shape index (κ2) is 8.36. The van der Waals surface area contributed by atoms with Gasteiger partial charge >= 0.3 is 13.1 Å². The van der Waals surface area contributed by atoms with Crippen molar-refractivity contribution in [3.63, 3.8) is 0 Å². The second-order valence-corrected chi connectivity index (χ2v) is 6.66. The molecule has 1 aliphatic carbocycles. The van der Waals surface area contributed by atoms with E-state index in [9.17, 15) is 9.90 Å². The molecule has 3 atom stereocenters. The summed E-state index contributed by atoms with van der Waals surface area (Å²) in [6.45, 7) is 0.732. The maximum atomic E-state index is 11.6. The third kappa shape index (κ3) is 5.25. The number of rotatable bonds is 7. The highest BCUT2D eigenvalue weighted by Gasteiger charge is 2.35. The number of carboxylic acids is 1. The van der Waals surface area contributed by atoms with Crippen LogP contribution in [-0.2, 0) is 4.79 Å². The molecule has 2 rings (SSSR count). The van der Waals surface area contributed by atoms with E-state index >= 15 is 0 Å². The van der Waals surface area contributed by atoms with Crippen LogP contribution in [-0.4, -0.2) is 41.8 Å². The minimum absolute atomic E-state index is 0.132. The van der Waals surface area contributed by atoms with Gasteiger partial charge in [-0.3, -0.25) is 4.79 Å². The van der Waals surface area contributed by atoms with Crippen molar-refractivity contribution in [2.75, 3.05) is 18.5 Å². The van der Waals surface area contributed by atoms with E-state index in [0.29, 0.717) is 19.2 Å². The first-order valence-corrected chi connectivity index (χ1v) is 8.32. The monoisotopic (exact) mass is 319 g/mol. The molecule has 1 fully saturated rings. The Labute approximate surface area is 138 Å². The Morgan fingerprint density at radius 3 is 2.57 bits per heavy atom. The fourth-order valence-electron chi connectivity index (χ4n) is 3.63. The Morgan fingerprint density at radius 1 is 1.26 bits per heavy atom. The summed E-state index contributed by atoms with van der Waals surface area (Å²) in [6.07, 6.45) is 3.48. The number of aliphatic carboxylic acids is 1. The van der Waals surface area contributed by atoms with Crippen LogP contribution >= 0.6 is 0 Å². The third-order valence-electron chi connectivity index (χ3n) is 4.96. The van der Waals surface area contributed by atoms with Gasteiger partial charge in [0.25, 0.3) is 0 Å². The first kappa shape index (κ1) is 17.8. The van der Waals surface area contributed by atoms with Crippen molar-refractivity contribution in [3.05, 3.63) is 30.3 Å². The quantitative estimate of drug-likeness (QED) is 0.671. The van der Waals surface area contributed by atoms with Crippen molar-refractivity contribution in [2.45, 2.75) is 32.0 Å². The van der Waals surface area contributed by atoms with Gasteiger partial charge in [0.1, 0.15) is 0 Å². The SMILES string of the molecule is CN(C[C@@H]1CC[C@@H](CCB(O)O)C[C@@H]1C(=O)O)c1ccccc1. The molecule has 1 saturated carbocycles. The van der Waals surface area contributed by atoms with Gasteiger partial charge in [-0.15, -0.1) is 0 Å². The fourth-order valence-corrected chi connectivity index (χ4v) is 3.63. The average molecular weight is 319 g/mol. The molecule has 23 heavy (non-hydrogen) atoms. The van der Waals surface area contributed by atoms with Crippen LogP contribution < -0.4 is 4.90 Å². The van der Waals surface area contributed by atoms with Crippen LogP contribution in [0, 0.1) is 17.8 Å². The molecule has 0 bridgehead atoms. The van der Waals surface area contributed by atoms with Gasteiger partial charge in [0.05, 0.1) is 5.92 Å². The molecule has 0 radical (unpaired) electrons. The van der Waals surface area contributed by atoms with E-state index in [1.807, 2.05) is 37.4 Å². The molecule has 0 saturated heterocycles. The number of nitrogens with zero attached hydrogens (tertiary/aromatic N) is 1. The van der Waals surface area contributed by atoms with Crippen LogP contribution in [0.2, 0.25) is 6.32 Å². The molecule has 3 N–H and O–H groups in total. The summed E-state index contributed by atoms with van der Waals surface area (Å²) in [4.78, 5) is 13.8. The van der Waals surface area contributed by atoms with E-state index in [4.69, 9.17) is 10.0 Å². The van der Waals surface area contributed by atoms with E-state index in [0.717, 1.165) is 25.1 Å². The van der Waals surface area contributed by atoms with Crippen molar-refractivity contribution in [1.29, 1.82) is 0 Å². The minimum atomic E-state index is -1.29. The molecule has 0 heterocycles. The smallest absolute Gasteiger partial charge is 0.451 e. The molecule has 1 aliphatic rings. The highest BCUT2D eigenvalue weighted by molar-refractivity contribution is 6.40. The number of benzene rings is 1. The number of anilines is 1. The predicted molar refractivity (Wildman–Crippen MR) is 91.3 cm³/mol. The van der Waals surface area contributed by atoms with Gasteiger partial charge in [0.2, 0.25) is 0 Å². The maximum absolute atomic E-state index is 11.6. The number of para-hydroxylation sites is 1. The zero-order valence-corrected chi connectivity index (χ0v) is 13.6. The number of hydrogen-bond donors (Lipinski definition) is 3. The van der Waals surface area contributed by atoms with Crippen LogP contribution in [0.3, 0.4) is 0 Å². The molecule has 1 aromatic carbocycles. The van der Waals surface area contributed by atoms with Crippen molar-refractivity contribution in [2.24, 2.45) is 17.8 Å². The summed E-state index contributed by atoms with van der Waals surface area (Å²) in [5, 5.41) is 27.5. The first-order chi connectivity index (χ1) is 11.0. The summed E-state index contributed by atoms with van der Waals surface area (Å²) in [6, 6.07) is 10.0. The normalized spacial score (nSPS) is 24.2. The molecular weight excluding hydrogens is 293 g/mol. The summed E-state index contributed by atoms with van der Waals surface area (Å²) in [5.41, 5.74) is 1.10. The third-order valence-corrected chi connectivity index (χ3v) is 4.96. The predicted octanol–water partition coefficient (Wildman–Crippen LogP) is 2.10. The maximum Gasteiger partial charge on any atom is 0.451 e. The lowest BCUT2D eigenvalue weighted by molar-refractivity contribution is -0.145. The molecule has 6 heteroatoms. The Hall–Kier alpha value is -1.53. The summed E-state index contributed by atoms with van der Waals surface area (Å²) >= 11 is 0. The molecule has 0 spiro atoms. The zero-order chi connectivity index (χ0) is 16.8. The van der Waals surface area contributed by atoms with Crippen molar-refractivity contribution >= 4 is 18.8 Å². The van der Waals surface area contributed by atoms with Gasteiger partial charge in [-0.25, -0.2) is 0 Å². The summed E-state index contributed by atoms with van der Waals surface area (Å²) in [5.74, 6) is -0.675. The summed E-state index contributed by atoms with van der Waals surface area (Å²) in [7, 11) is 0.711. The molecule has 0 aliphatic heterocycles. The Kier molecular flexibility index (Phi) is 6.48.